The standard InChI is InChI=1S/C24H30F3N5O2/c25-24(26,27)19-4-2-16(3-5-19)17-12-18(20-13-21(30-29-20)23(28)6-1-7-23)15-32(14-17)22(33)31-8-10-34-11-9-31/h2-5,13,17-18H,1,6-12,14-15,28H2,(H,29,30). The van der Waals surface area contributed by atoms with E-state index >= 15 is 0 Å². The second-order valence-electron chi connectivity index (χ2n) is 9.75. The van der Waals surface area contributed by atoms with Gasteiger partial charge in [-0.15, -0.1) is 0 Å². The van der Waals surface area contributed by atoms with Crippen molar-refractivity contribution >= 4 is 6.03 Å². The maximum atomic E-state index is 13.3. The summed E-state index contributed by atoms with van der Waals surface area (Å²) in [6.45, 7) is 3.07. The van der Waals surface area contributed by atoms with E-state index in [0.29, 0.717) is 45.8 Å². The zero-order chi connectivity index (χ0) is 23.9. The monoisotopic (exact) mass is 477 g/mol. The highest BCUT2D eigenvalue weighted by molar-refractivity contribution is 5.75. The second-order valence-corrected chi connectivity index (χ2v) is 9.75. The topological polar surface area (TPSA) is 87.5 Å². The summed E-state index contributed by atoms with van der Waals surface area (Å²) in [5.41, 5.74) is 7.95. The van der Waals surface area contributed by atoms with Gasteiger partial charge in [0.2, 0.25) is 0 Å². The number of nitrogens with zero attached hydrogens (tertiary/aromatic N) is 3. The highest BCUT2D eigenvalue weighted by atomic mass is 19.4. The zero-order valence-corrected chi connectivity index (χ0v) is 19.0. The van der Waals surface area contributed by atoms with Gasteiger partial charge < -0.3 is 20.3 Å². The van der Waals surface area contributed by atoms with Crippen molar-refractivity contribution in [1.29, 1.82) is 0 Å². The molecular weight excluding hydrogens is 447 g/mol. The number of benzene rings is 1. The van der Waals surface area contributed by atoms with Crippen LogP contribution in [0.1, 0.15) is 60.0 Å². The molecule has 3 fully saturated rings. The van der Waals surface area contributed by atoms with E-state index in [-0.39, 0.29) is 23.4 Å². The molecule has 1 saturated carbocycles. The number of halogens is 3. The third-order valence-electron chi connectivity index (χ3n) is 7.51. The number of H-pyrrole nitrogens is 1. The second kappa shape index (κ2) is 8.88. The molecular formula is C24H30F3N5O2. The van der Waals surface area contributed by atoms with Gasteiger partial charge in [0, 0.05) is 43.7 Å². The molecule has 3 heterocycles. The van der Waals surface area contributed by atoms with Crippen LogP contribution in [-0.4, -0.2) is 65.4 Å². The quantitative estimate of drug-likeness (QED) is 0.704. The Morgan fingerprint density at radius 3 is 2.38 bits per heavy atom. The van der Waals surface area contributed by atoms with Gasteiger partial charge in [-0.05, 0) is 49.4 Å². The molecule has 3 aliphatic rings. The first-order valence-electron chi connectivity index (χ1n) is 11.9. The lowest BCUT2D eigenvalue weighted by Crippen LogP contribution is -2.52. The first kappa shape index (κ1) is 23.2. The fourth-order valence-corrected chi connectivity index (χ4v) is 5.24. The Morgan fingerprint density at radius 2 is 1.76 bits per heavy atom. The summed E-state index contributed by atoms with van der Waals surface area (Å²) in [6, 6.07) is 7.27. The van der Waals surface area contributed by atoms with E-state index in [2.05, 4.69) is 10.2 Å². The van der Waals surface area contributed by atoms with Crippen molar-refractivity contribution in [3.05, 3.63) is 52.8 Å². The highest BCUT2D eigenvalue weighted by Gasteiger charge is 2.39. The molecule has 10 heteroatoms. The van der Waals surface area contributed by atoms with Gasteiger partial charge >= 0.3 is 12.2 Å². The number of carbonyl (C=O) groups excluding carboxylic acids is 1. The fraction of sp³-hybridized carbons (Fsp3) is 0.583. The van der Waals surface area contributed by atoms with Gasteiger partial charge in [-0.3, -0.25) is 5.10 Å². The largest absolute Gasteiger partial charge is 0.416 e. The Morgan fingerprint density at radius 1 is 1.09 bits per heavy atom. The molecule has 2 unspecified atom stereocenters. The number of hydrogen-bond donors (Lipinski definition) is 2. The Bertz CT molecular complexity index is 1010. The molecule has 5 rings (SSSR count). The highest BCUT2D eigenvalue weighted by Crippen LogP contribution is 2.41. The number of ether oxygens (including phenoxy) is 1. The number of amides is 2. The molecule has 2 saturated heterocycles. The lowest BCUT2D eigenvalue weighted by atomic mass is 9.75. The smallest absolute Gasteiger partial charge is 0.378 e. The molecule has 2 aliphatic heterocycles. The lowest BCUT2D eigenvalue weighted by molar-refractivity contribution is -0.137. The molecule has 1 aliphatic carbocycles. The number of aromatic nitrogens is 2. The van der Waals surface area contributed by atoms with Crippen LogP contribution in [0, 0.1) is 0 Å². The van der Waals surface area contributed by atoms with Crippen LogP contribution < -0.4 is 5.73 Å². The van der Waals surface area contributed by atoms with Crippen LogP contribution in [-0.2, 0) is 16.5 Å². The summed E-state index contributed by atoms with van der Waals surface area (Å²) in [6.07, 6.45) is -0.787. The Kier molecular flexibility index (Phi) is 6.05. The normalized spacial score (nSPS) is 25.2. The molecule has 0 radical (unpaired) electrons. The van der Waals surface area contributed by atoms with Crippen molar-refractivity contribution in [2.45, 2.75) is 49.2 Å². The van der Waals surface area contributed by atoms with E-state index in [1.807, 2.05) is 11.0 Å². The van der Waals surface area contributed by atoms with Crippen LogP contribution in [0.2, 0.25) is 0 Å². The number of urea groups is 1. The summed E-state index contributed by atoms with van der Waals surface area (Å²) in [7, 11) is 0. The van der Waals surface area contributed by atoms with Crippen LogP contribution in [0.3, 0.4) is 0 Å². The Labute approximate surface area is 196 Å². The van der Waals surface area contributed by atoms with Gasteiger partial charge in [-0.1, -0.05) is 12.1 Å². The number of hydrogen-bond acceptors (Lipinski definition) is 4. The first-order chi connectivity index (χ1) is 16.2. The number of morpholine rings is 1. The van der Waals surface area contributed by atoms with E-state index in [0.717, 1.165) is 48.3 Å². The number of aromatic amines is 1. The third kappa shape index (κ3) is 4.53. The number of piperidine rings is 1. The Hall–Kier alpha value is -2.59. The average Bonchev–Trinajstić information content (AvgIpc) is 3.33. The Balaban J connectivity index is 1.40. The van der Waals surface area contributed by atoms with Crippen LogP contribution in [0.15, 0.2) is 30.3 Å². The number of carbonyl (C=O) groups is 1. The van der Waals surface area contributed by atoms with E-state index in [9.17, 15) is 18.0 Å². The summed E-state index contributed by atoms with van der Waals surface area (Å²) in [5, 5.41) is 7.62. The maximum Gasteiger partial charge on any atom is 0.416 e. The minimum atomic E-state index is -4.38. The first-order valence-corrected chi connectivity index (χ1v) is 11.9. The van der Waals surface area contributed by atoms with Crippen molar-refractivity contribution in [3.63, 3.8) is 0 Å². The summed E-state index contributed by atoms with van der Waals surface area (Å²) >= 11 is 0. The molecule has 34 heavy (non-hydrogen) atoms. The molecule has 7 nitrogen and oxygen atoms in total. The molecule has 2 aromatic rings. The van der Waals surface area contributed by atoms with Crippen LogP contribution >= 0.6 is 0 Å². The number of rotatable bonds is 3. The van der Waals surface area contributed by atoms with E-state index in [1.165, 1.54) is 12.1 Å². The van der Waals surface area contributed by atoms with Gasteiger partial charge in [0.15, 0.2) is 0 Å². The summed E-state index contributed by atoms with van der Waals surface area (Å²) in [4.78, 5) is 16.9. The van der Waals surface area contributed by atoms with Gasteiger partial charge in [-0.2, -0.15) is 18.3 Å². The van der Waals surface area contributed by atoms with Crippen molar-refractivity contribution in [1.82, 2.24) is 20.0 Å². The van der Waals surface area contributed by atoms with Crippen molar-refractivity contribution in [3.8, 4) is 0 Å². The molecule has 0 spiro atoms. The van der Waals surface area contributed by atoms with Gasteiger partial charge in [-0.25, -0.2) is 4.79 Å². The average molecular weight is 478 g/mol. The minimum absolute atomic E-state index is 0.0176. The van der Waals surface area contributed by atoms with Gasteiger partial charge in [0.1, 0.15) is 0 Å². The number of nitrogens with one attached hydrogen (secondary N) is 1. The number of nitrogens with two attached hydrogens (primary N) is 1. The molecule has 184 valence electrons. The van der Waals surface area contributed by atoms with Gasteiger partial charge in [0.25, 0.3) is 0 Å². The number of alkyl halides is 3. The third-order valence-corrected chi connectivity index (χ3v) is 7.51. The van der Waals surface area contributed by atoms with Gasteiger partial charge in [0.05, 0.1) is 30.0 Å². The van der Waals surface area contributed by atoms with Crippen molar-refractivity contribution in [2.24, 2.45) is 5.73 Å². The molecule has 2 amide bonds. The molecule has 3 N–H and O–H groups in total. The fourth-order valence-electron chi connectivity index (χ4n) is 5.24. The summed E-state index contributed by atoms with van der Waals surface area (Å²) < 4.78 is 44.6. The number of likely N-dealkylation sites (tertiary alicyclic amines) is 1. The SMILES string of the molecule is NC1(c2cc(C3CC(c4ccc(C(F)(F)F)cc4)CN(C(=O)N4CCOCC4)C3)[nH]n2)CCC1. The van der Waals surface area contributed by atoms with E-state index in [1.54, 1.807) is 4.90 Å². The van der Waals surface area contributed by atoms with Crippen LogP contribution in [0.25, 0.3) is 0 Å². The van der Waals surface area contributed by atoms with Crippen LogP contribution in [0.5, 0.6) is 0 Å². The maximum absolute atomic E-state index is 13.3. The van der Waals surface area contributed by atoms with E-state index in [4.69, 9.17) is 10.5 Å². The molecule has 2 atom stereocenters. The molecule has 1 aromatic carbocycles. The molecule has 1 aromatic heterocycles. The predicted octanol–water partition coefficient (Wildman–Crippen LogP) is 3.79. The van der Waals surface area contributed by atoms with Crippen LogP contribution in [0.4, 0.5) is 18.0 Å². The zero-order valence-electron chi connectivity index (χ0n) is 19.0. The minimum Gasteiger partial charge on any atom is -0.378 e. The van der Waals surface area contributed by atoms with Crippen molar-refractivity contribution in [2.75, 3.05) is 39.4 Å². The lowest BCUT2D eigenvalue weighted by Gasteiger charge is -2.41. The van der Waals surface area contributed by atoms with E-state index < -0.39 is 11.7 Å². The predicted molar refractivity (Wildman–Crippen MR) is 119 cm³/mol. The molecule has 0 bridgehead atoms. The van der Waals surface area contributed by atoms with Crippen molar-refractivity contribution < 1.29 is 22.7 Å². The summed E-state index contributed by atoms with van der Waals surface area (Å²) in [5.74, 6) is -0.107.